The Bertz CT molecular complexity index is 1290. The minimum atomic E-state index is -0.766. The summed E-state index contributed by atoms with van der Waals surface area (Å²) >= 11 is 0. The molecule has 2 heterocycles. The Morgan fingerprint density at radius 3 is 2.60 bits per heavy atom. The zero-order chi connectivity index (χ0) is 29.1. The minimum Gasteiger partial charge on any atom is -0.497 e. The molecule has 0 bridgehead atoms. The first-order valence-corrected chi connectivity index (χ1v) is 13.6. The molecule has 5 rings (SSSR count). The van der Waals surface area contributed by atoms with Crippen molar-refractivity contribution in [1.82, 2.24) is 4.98 Å². The summed E-state index contributed by atoms with van der Waals surface area (Å²) in [6.45, 7) is 6.00. The normalized spacial score (nSPS) is 15.1. The van der Waals surface area contributed by atoms with Gasteiger partial charge >= 0.3 is 5.97 Å². The third-order valence-corrected chi connectivity index (χ3v) is 7.20. The van der Waals surface area contributed by atoms with E-state index < -0.39 is 5.97 Å². The third-order valence-electron chi connectivity index (χ3n) is 7.20. The number of methoxy groups -OCH3 is 1. The minimum absolute atomic E-state index is 0.250. The van der Waals surface area contributed by atoms with Crippen molar-refractivity contribution in [3.63, 3.8) is 0 Å². The zero-order valence-corrected chi connectivity index (χ0v) is 23.7. The van der Waals surface area contributed by atoms with Gasteiger partial charge in [-0.15, -0.1) is 0 Å². The molecule has 3 aromatic rings. The Balaban J connectivity index is 0.000000215. The number of fused-ring (bicyclic) bond motifs is 2. The average Bonchev–Trinajstić information content (AvgIpc) is 3.60. The number of benzene rings is 2. The molecule has 0 spiro atoms. The highest BCUT2D eigenvalue weighted by Gasteiger charge is 2.27. The van der Waals surface area contributed by atoms with Crippen LogP contribution in [0, 0.1) is 12.8 Å². The fraction of sp³-hybridized carbons (Fsp3) is 0.406. The highest BCUT2D eigenvalue weighted by molar-refractivity contribution is 5.70. The Labute approximate surface area is 235 Å². The second-order valence-electron chi connectivity index (χ2n) is 9.99. The highest BCUT2D eigenvalue weighted by Crippen LogP contribution is 2.41. The van der Waals surface area contributed by atoms with E-state index in [1.54, 1.807) is 14.0 Å². The van der Waals surface area contributed by atoms with Crippen LogP contribution in [-0.2, 0) is 28.9 Å². The van der Waals surface area contributed by atoms with Crippen molar-refractivity contribution in [2.24, 2.45) is 5.92 Å². The van der Waals surface area contributed by atoms with Gasteiger partial charge in [-0.1, -0.05) is 38.5 Å². The van der Waals surface area contributed by atoms with Crippen LogP contribution in [0.5, 0.6) is 17.2 Å². The summed E-state index contributed by atoms with van der Waals surface area (Å²) in [6.07, 6.45) is 6.29. The molecule has 0 radical (unpaired) electrons. The van der Waals surface area contributed by atoms with Crippen LogP contribution < -0.4 is 14.2 Å². The van der Waals surface area contributed by atoms with Gasteiger partial charge in [0.25, 0.3) is 6.47 Å². The molecule has 1 aliphatic heterocycles. The molecule has 2 atom stereocenters. The van der Waals surface area contributed by atoms with Gasteiger partial charge in [0, 0.05) is 17.3 Å². The molecule has 8 nitrogen and oxygen atoms in total. The molecular formula is C32H39NO7. The molecule has 40 heavy (non-hydrogen) atoms. The first-order valence-electron chi connectivity index (χ1n) is 13.6. The molecule has 2 aliphatic rings. The molecule has 2 aromatic carbocycles. The van der Waals surface area contributed by atoms with Crippen LogP contribution in [0.25, 0.3) is 0 Å². The van der Waals surface area contributed by atoms with E-state index in [1.165, 1.54) is 35.4 Å². The van der Waals surface area contributed by atoms with E-state index >= 15 is 0 Å². The predicted octanol–water partition coefficient (Wildman–Crippen LogP) is 6.20. The number of aliphatic carboxylic acids is 1. The van der Waals surface area contributed by atoms with Crippen molar-refractivity contribution in [3.8, 4) is 17.2 Å². The van der Waals surface area contributed by atoms with Gasteiger partial charge < -0.3 is 24.4 Å². The quantitative estimate of drug-likeness (QED) is 0.319. The van der Waals surface area contributed by atoms with Crippen molar-refractivity contribution in [1.29, 1.82) is 0 Å². The smallest absolute Gasteiger partial charge is 0.306 e. The molecule has 214 valence electrons. The van der Waals surface area contributed by atoms with Crippen molar-refractivity contribution < 1.29 is 34.0 Å². The summed E-state index contributed by atoms with van der Waals surface area (Å²) < 4.78 is 16.0. The van der Waals surface area contributed by atoms with E-state index in [2.05, 4.69) is 31.2 Å². The third kappa shape index (κ3) is 7.97. The maximum atomic E-state index is 10.7. The molecule has 1 aromatic heterocycles. The van der Waals surface area contributed by atoms with Crippen LogP contribution in [-0.4, -0.2) is 41.5 Å². The Morgan fingerprint density at radius 1 is 1.15 bits per heavy atom. The van der Waals surface area contributed by atoms with Crippen molar-refractivity contribution >= 4 is 12.4 Å². The molecule has 0 amide bonds. The van der Waals surface area contributed by atoms with Gasteiger partial charge in [0.2, 0.25) is 6.79 Å². The van der Waals surface area contributed by atoms with E-state index in [-0.39, 0.29) is 12.4 Å². The summed E-state index contributed by atoms with van der Waals surface area (Å²) in [5.41, 5.74) is 7.36. The van der Waals surface area contributed by atoms with Crippen LogP contribution in [0.1, 0.15) is 72.7 Å². The van der Waals surface area contributed by atoms with Gasteiger partial charge in [-0.2, -0.15) is 0 Å². The first kappa shape index (κ1) is 30.5. The van der Waals surface area contributed by atoms with E-state index in [0.29, 0.717) is 19.1 Å². The maximum absolute atomic E-state index is 10.7. The Kier molecular flexibility index (Phi) is 11.4. The Hall–Kier alpha value is -4.07. The number of aryl methyl sites for hydroxylation is 3. The Morgan fingerprint density at radius 2 is 1.90 bits per heavy atom. The number of ether oxygens (including phenoxy) is 3. The largest absolute Gasteiger partial charge is 0.497 e. The standard InChI is InChI=1S/C19H21NO2.C12H16O3.CH2O2/c1-2-3-4-14-6-7-16-15(8-9-17(16)20-14)13-5-10-18-19(11-13)22-12-21-18;1-8-4-5-11(15-3)7-10(8)6-9(2)12(13)14;2-1-3/h5-7,10-11,15H,2-4,8-9,12H2,1H3;4-5,7,9H,6H2,1-3H3,(H,13,14);1H,(H,2,3)/t15-;;/m0../s1. The lowest BCUT2D eigenvalue weighted by Gasteiger charge is -2.13. The number of rotatable bonds is 8. The summed E-state index contributed by atoms with van der Waals surface area (Å²) in [7, 11) is 1.61. The van der Waals surface area contributed by atoms with Crippen LogP contribution in [0.2, 0.25) is 0 Å². The van der Waals surface area contributed by atoms with E-state index in [9.17, 15) is 4.79 Å². The SMILES string of the molecule is CCCCc1ccc2c(n1)CC[C@H]2c1ccc2c(c1)OCO2.COc1ccc(C)c(CC(C)C(=O)O)c1.O=CO. The number of pyridine rings is 1. The van der Waals surface area contributed by atoms with Gasteiger partial charge in [-0.25, -0.2) is 0 Å². The summed E-state index contributed by atoms with van der Waals surface area (Å²) in [6, 6.07) is 16.5. The average molecular weight is 550 g/mol. The molecular weight excluding hydrogens is 510 g/mol. The maximum Gasteiger partial charge on any atom is 0.306 e. The lowest BCUT2D eigenvalue weighted by molar-refractivity contribution is -0.141. The topological polar surface area (TPSA) is 115 Å². The highest BCUT2D eigenvalue weighted by atomic mass is 16.7. The van der Waals surface area contributed by atoms with E-state index in [0.717, 1.165) is 47.6 Å². The summed E-state index contributed by atoms with van der Waals surface area (Å²) in [5, 5.41) is 15.7. The monoisotopic (exact) mass is 549 g/mol. The molecule has 1 unspecified atom stereocenters. The molecule has 0 fully saturated rings. The van der Waals surface area contributed by atoms with Crippen LogP contribution >= 0.6 is 0 Å². The first-order chi connectivity index (χ1) is 19.3. The summed E-state index contributed by atoms with van der Waals surface area (Å²) in [5.74, 6) is 1.81. The molecule has 8 heteroatoms. The number of carboxylic acid groups (broad SMARTS) is 2. The number of hydrogen-bond donors (Lipinski definition) is 2. The van der Waals surface area contributed by atoms with Gasteiger partial charge in [-0.3, -0.25) is 14.6 Å². The fourth-order valence-corrected chi connectivity index (χ4v) is 4.90. The lowest BCUT2D eigenvalue weighted by Crippen LogP contribution is -2.12. The van der Waals surface area contributed by atoms with Gasteiger partial charge in [-0.05, 0) is 91.6 Å². The van der Waals surface area contributed by atoms with Crippen LogP contribution in [0.4, 0.5) is 0 Å². The van der Waals surface area contributed by atoms with Crippen molar-refractivity contribution in [2.75, 3.05) is 13.9 Å². The van der Waals surface area contributed by atoms with Gasteiger partial charge in [0.1, 0.15) is 5.75 Å². The van der Waals surface area contributed by atoms with E-state index in [4.69, 9.17) is 34.2 Å². The summed E-state index contributed by atoms with van der Waals surface area (Å²) in [4.78, 5) is 24.0. The zero-order valence-electron chi connectivity index (χ0n) is 23.7. The second kappa shape index (κ2) is 14.9. The number of carbonyl (C=O) groups is 2. The molecule has 1 aliphatic carbocycles. The number of hydrogen-bond acceptors (Lipinski definition) is 6. The second-order valence-corrected chi connectivity index (χ2v) is 9.99. The van der Waals surface area contributed by atoms with Crippen molar-refractivity contribution in [3.05, 3.63) is 82.2 Å². The number of carboxylic acids is 1. The predicted molar refractivity (Wildman–Crippen MR) is 153 cm³/mol. The number of aromatic nitrogens is 1. The van der Waals surface area contributed by atoms with E-state index in [1.807, 2.05) is 31.2 Å². The molecule has 2 N–H and O–H groups in total. The fourth-order valence-electron chi connectivity index (χ4n) is 4.90. The number of unbranched alkanes of at least 4 members (excludes halogenated alkanes) is 1. The molecule has 0 saturated heterocycles. The van der Waals surface area contributed by atoms with Crippen molar-refractivity contribution in [2.45, 2.75) is 65.2 Å². The van der Waals surface area contributed by atoms with Gasteiger partial charge in [0.05, 0.1) is 13.0 Å². The number of nitrogens with zero attached hydrogens (tertiary/aromatic N) is 1. The van der Waals surface area contributed by atoms with Crippen LogP contribution in [0.3, 0.4) is 0 Å². The van der Waals surface area contributed by atoms with Crippen LogP contribution in [0.15, 0.2) is 48.5 Å². The molecule has 0 saturated carbocycles. The van der Waals surface area contributed by atoms with Gasteiger partial charge in [0.15, 0.2) is 11.5 Å². The lowest BCUT2D eigenvalue weighted by atomic mass is 9.93.